The van der Waals surface area contributed by atoms with E-state index in [9.17, 15) is 13.6 Å². The number of hydrogen-bond acceptors (Lipinski definition) is 1. The lowest BCUT2D eigenvalue weighted by molar-refractivity contribution is 0.0938. The molecule has 19 heavy (non-hydrogen) atoms. The second kappa shape index (κ2) is 6.33. The molecule has 2 nitrogen and oxygen atoms in total. The van der Waals surface area contributed by atoms with Gasteiger partial charge in [0, 0.05) is 11.9 Å². The Kier molecular flexibility index (Phi) is 4.75. The Morgan fingerprint density at radius 2 is 1.95 bits per heavy atom. The van der Waals surface area contributed by atoms with E-state index in [2.05, 4.69) is 5.32 Å². The number of hydrogen-bond donors (Lipinski definition) is 1. The summed E-state index contributed by atoms with van der Waals surface area (Å²) >= 11 is 6.00. The third-order valence-corrected chi connectivity index (χ3v) is 3.96. The summed E-state index contributed by atoms with van der Waals surface area (Å²) in [6, 6.07) is 3.60. The maximum Gasteiger partial charge on any atom is 0.254 e. The van der Waals surface area contributed by atoms with Crippen molar-refractivity contribution in [3.63, 3.8) is 0 Å². The Morgan fingerprint density at radius 3 is 2.63 bits per heavy atom. The number of benzene rings is 1. The first-order valence-corrected chi connectivity index (χ1v) is 6.88. The summed E-state index contributed by atoms with van der Waals surface area (Å²) in [5, 5.41) is 2.89. The smallest absolute Gasteiger partial charge is 0.254 e. The molecule has 0 saturated heterocycles. The number of halogens is 3. The van der Waals surface area contributed by atoms with Gasteiger partial charge in [-0.3, -0.25) is 4.79 Å². The SMILES string of the molecule is O=C(NCC1CCC(Cl)CC1)c1cccc(F)c1F. The van der Waals surface area contributed by atoms with Crippen LogP contribution in [0, 0.1) is 17.6 Å². The average molecular weight is 288 g/mol. The fraction of sp³-hybridized carbons (Fsp3) is 0.500. The molecule has 0 spiro atoms. The summed E-state index contributed by atoms with van der Waals surface area (Å²) in [4.78, 5) is 11.8. The highest BCUT2D eigenvalue weighted by atomic mass is 35.5. The maximum absolute atomic E-state index is 13.4. The topological polar surface area (TPSA) is 29.1 Å². The van der Waals surface area contributed by atoms with Crippen molar-refractivity contribution in [2.75, 3.05) is 6.54 Å². The molecule has 1 aromatic rings. The summed E-state index contributed by atoms with van der Waals surface area (Å²) in [5.41, 5.74) is -0.244. The first kappa shape index (κ1) is 14.3. The van der Waals surface area contributed by atoms with Crippen LogP contribution in [0.4, 0.5) is 8.78 Å². The van der Waals surface area contributed by atoms with Crippen molar-refractivity contribution in [1.82, 2.24) is 5.32 Å². The molecule has 1 saturated carbocycles. The van der Waals surface area contributed by atoms with Crippen LogP contribution < -0.4 is 5.32 Å². The first-order valence-electron chi connectivity index (χ1n) is 6.44. The maximum atomic E-state index is 13.4. The van der Waals surface area contributed by atoms with Crippen LogP contribution in [0.15, 0.2) is 18.2 Å². The third kappa shape index (κ3) is 3.66. The van der Waals surface area contributed by atoms with Gasteiger partial charge in [0.05, 0.1) is 5.56 Å². The second-order valence-electron chi connectivity index (χ2n) is 4.93. The number of alkyl halides is 1. The van der Waals surface area contributed by atoms with Gasteiger partial charge in [-0.25, -0.2) is 8.78 Å². The molecule has 2 rings (SSSR count). The van der Waals surface area contributed by atoms with E-state index in [0.717, 1.165) is 31.7 Å². The van der Waals surface area contributed by atoms with Crippen LogP contribution in [0.2, 0.25) is 0 Å². The van der Waals surface area contributed by atoms with Gasteiger partial charge in [0.15, 0.2) is 11.6 Å². The van der Waals surface area contributed by atoms with E-state index in [4.69, 9.17) is 11.6 Å². The molecule has 1 amide bonds. The van der Waals surface area contributed by atoms with Crippen LogP contribution >= 0.6 is 11.6 Å². The Morgan fingerprint density at radius 1 is 1.26 bits per heavy atom. The largest absolute Gasteiger partial charge is 0.352 e. The van der Waals surface area contributed by atoms with E-state index in [0.29, 0.717) is 12.5 Å². The van der Waals surface area contributed by atoms with Gasteiger partial charge in [-0.15, -0.1) is 11.6 Å². The normalized spacial score (nSPS) is 23.1. The molecule has 1 N–H and O–H groups in total. The lowest BCUT2D eigenvalue weighted by Gasteiger charge is -2.25. The van der Waals surface area contributed by atoms with Gasteiger partial charge in [0.1, 0.15) is 0 Å². The molecule has 1 aromatic carbocycles. The number of carbonyl (C=O) groups is 1. The van der Waals surface area contributed by atoms with Crippen molar-refractivity contribution in [2.24, 2.45) is 5.92 Å². The fourth-order valence-electron chi connectivity index (χ4n) is 2.34. The van der Waals surface area contributed by atoms with Gasteiger partial charge in [-0.1, -0.05) is 6.07 Å². The number of carbonyl (C=O) groups excluding carboxylic acids is 1. The van der Waals surface area contributed by atoms with Crippen molar-refractivity contribution < 1.29 is 13.6 Å². The molecule has 0 aromatic heterocycles. The molecule has 1 aliphatic rings. The van der Waals surface area contributed by atoms with Crippen LogP contribution in [0.1, 0.15) is 36.0 Å². The monoisotopic (exact) mass is 287 g/mol. The summed E-state index contributed by atoms with van der Waals surface area (Å²) in [6.07, 6.45) is 3.80. The zero-order chi connectivity index (χ0) is 13.8. The van der Waals surface area contributed by atoms with Crippen LogP contribution in [0.25, 0.3) is 0 Å². The first-order chi connectivity index (χ1) is 9.08. The highest BCUT2D eigenvalue weighted by Gasteiger charge is 2.21. The van der Waals surface area contributed by atoms with E-state index < -0.39 is 17.5 Å². The zero-order valence-corrected chi connectivity index (χ0v) is 11.2. The summed E-state index contributed by atoms with van der Waals surface area (Å²) < 4.78 is 26.4. The lowest BCUT2D eigenvalue weighted by Crippen LogP contribution is -2.32. The Balaban J connectivity index is 1.89. The van der Waals surface area contributed by atoms with Gasteiger partial charge >= 0.3 is 0 Å². The molecule has 0 unspecified atom stereocenters. The lowest BCUT2D eigenvalue weighted by atomic mass is 9.89. The number of rotatable bonds is 3. The van der Waals surface area contributed by atoms with E-state index >= 15 is 0 Å². The van der Waals surface area contributed by atoms with E-state index in [1.54, 1.807) is 0 Å². The Labute approximate surface area is 116 Å². The van der Waals surface area contributed by atoms with Gasteiger partial charge in [0.2, 0.25) is 0 Å². The summed E-state index contributed by atoms with van der Waals surface area (Å²) in [6.45, 7) is 0.485. The van der Waals surface area contributed by atoms with E-state index in [1.165, 1.54) is 12.1 Å². The van der Waals surface area contributed by atoms with E-state index in [1.807, 2.05) is 0 Å². The third-order valence-electron chi connectivity index (χ3n) is 3.52. The second-order valence-corrected chi connectivity index (χ2v) is 5.55. The Bertz CT molecular complexity index is 459. The van der Waals surface area contributed by atoms with Gasteiger partial charge < -0.3 is 5.32 Å². The van der Waals surface area contributed by atoms with Gasteiger partial charge in [0.25, 0.3) is 5.91 Å². The quantitative estimate of drug-likeness (QED) is 0.847. The highest BCUT2D eigenvalue weighted by molar-refractivity contribution is 6.20. The van der Waals surface area contributed by atoms with Crippen LogP contribution in [0.5, 0.6) is 0 Å². The fourth-order valence-corrected chi connectivity index (χ4v) is 2.59. The molecular formula is C14H16ClF2NO. The molecular weight excluding hydrogens is 272 g/mol. The minimum absolute atomic E-state index is 0.229. The van der Waals surface area contributed by atoms with Gasteiger partial charge in [-0.05, 0) is 43.7 Å². The Hall–Kier alpha value is -1.16. The van der Waals surface area contributed by atoms with Crippen molar-refractivity contribution in [3.8, 4) is 0 Å². The van der Waals surface area contributed by atoms with Crippen LogP contribution in [-0.4, -0.2) is 17.8 Å². The molecule has 5 heteroatoms. The molecule has 0 bridgehead atoms. The molecule has 1 aliphatic carbocycles. The van der Waals surface area contributed by atoms with Gasteiger partial charge in [-0.2, -0.15) is 0 Å². The number of nitrogens with one attached hydrogen (secondary N) is 1. The highest BCUT2D eigenvalue weighted by Crippen LogP contribution is 2.27. The van der Waals surface area contributed by atoms with Crippen molar-refractivity contribution in [1.29, 1.82) is 0 Å². The van der Waals surface area contributed by atoms with Crippen LogP contribution in [0.3, 0.4) is 0 Å². The predicted molar refractivity (Wildman–Crippen MR) is 70.3 cm³/mol. The van der Waals surface area contributed by atoms with Crippen molar-refractivity contribution in [2.45, 2.75) is 31.1 Å². The van der Waals surface area contributed by atoms with Crippen LogP contribution in [-0.2, 0) is 0 Å². The van der Waals surface area contributed by atoms with Crippen molar-refractivity contribution >= 4 is 17.5 Å². The molecule has 1 fully saturated rings. The average Bonchev–Trinajstić information content (AvgIpc) is 2.41. The molecule has 0 heterocycles. The minimum atomic E-state index is -1.09. The van der Waals surface area contributed by atoms with E-state index in [-0.39, 0.29) is 10.9 Å². The standard InChI is InChI=1S/C14H16ClF2NO/c15-10-6-4-9(5-7-10)8-18-14(19)11-2-1-3-12(16)13(11)17/h1-3,9-10H,4-8H2,(H,18,19). The minimum Gasteiger partial charge on any atom is -0.352 e. The molecule has 0 radical (unpaired) electrons. The zero-order valence-electron chi connectivity index (χ0n) is 10.5. The summed E-state index contributed by atoms with van der Waals surface area (Å²) in [7, 11) is 0. The molecule has 0 atom stereocenters. The summed E-state index contributed by atoms with van der Waals surface area (Å²) in [5.74, 6) is -2.29. The molecule has 104 valence electrons. The molecule has 0 aliphatic heterocycles. The predicted octanol–water partition coefficient (Wildman–Crippen LogP) is 3.49. The van der Waals surface area contributed by atoms with Crippen molar-refractivity contribution in [3.05, 3.63) is 35.4 Å². The number of amides is 1.